The predicted octanol–water partition coefficient (Wildman–Crippen LogP) is 5.16. The van der Waals surface area contributed by atoms with Crippen LogP contribution < -0.4 is 4.74 Å². The molecule has 7 nitrogen and oxygen atoms in total. The molecule has 1 N–H and O–H groups in total. The molecule has 1 aromatic heterocycles. The number of nitrogens with zero attached hydrogens (tertiary/aromatic N) is 3. The SMILES string of the molecule is COc1cccc(C2OC(CC(=O)O)c3nnc(C(F)(F)Cl)n3-c3ccc(Cl)cc32)c1C. The van der Waals surface area contributed by atoms with E-state index in [0.29, 0.717) is 21.9 Å². The van der Waals surface area contributed by atoms with Gasteiger partial charge in [0.05, 0.1) is 19.2 Å². The lowest BCUT2D eigenvalue weighted by atomic mass is 9.95. The molecule has 0 amide bonds. The first-order chi connectivity index (χ1) is 15.1. The molecular formula is C21H17Cl2F2N3O4. The second kappa shape index (κ2) is 8.31. The Balaban J connectivity index is 2.03. The predicted molar refractivity (Wildman–Crippen MR) is 112 cm³/mol. The van der Waals surface area contributed by atoms with E-state index in [4.69, 9.17) is 32.7 Å². The number of benzene rings is 2. The highest BCUT2D eigenvalue weighted by atomic mass is 35.5. The third kappa shape index (κ3) is 3.92. The van der Waals surface area contributed by atoms with Gasteiger partial charge < -0.3 is 14.6 Å². The van der Waals surface area contributed by atoms with Crippen molar-refractivity contribution in [2.45, 2.75) is 30.9 Å². The molecule has 1 aliphatic rings. The van der Waals surface area contributed by atoms with Crippen LogP contribution in [0.1, 0.15) is 47.0 Å². The molecule has 0 bridgehead atoms. The molecule has 1 aliphatic heterocycles. The zero-order valence-corrected chi connectivity index (χ0v) is 18.4. The number of ether oxygens (including phenoxy) is 2. The van der Waals surface area contributed by atoms with E-state index in [1.165, 1.54) is 19.2 Å². The lowest BCUT2D eigenvalue weighted by Crippen LogP contribution is -2.17. The van der Waals surface area contributed by atoms with Gasteiger partial charge in [-0.1, -0.05) is 23.7 Å². The Labute approximate surface area is 191 Å². The van der Waals surface area contributed by atoms with Crippen molar-refractivity contribution < 1.29 is 28.2 Å². The molecular weight excluding hydrogens is 467 g/mol. The van der Waals surface area contributed by atoms with Gasteiger partial charge in [0.2, 0.25) is 5.82 Å². The Morgan fingerprint density at radius 3 is 2.69 bits per heavy atom. The van der Waals surface area contributed by atoms with Crippen LogP contribution in [0.5, 0.6) is 5.75 Å². The lowest BCUT2D eigenvalue weighted by Gasteiger charge is -2.24. The third-order valence-corrected chi connectivity index (χ3v) is 5.64. The number of rotatable bonds is 5. The van der Waals surface area contributed by atoms with Crippen LogP contribution in [0.2, 0.25) is 5.02 Å². The highest BCUT2D eigenvalue weighted by Crippen LogP contribution is 2.45. The highest BCUT2D eigenvalue weighted by Gasteiger charge is 2.42. The summed E-state index contributed by atoms with van der Waals surface area (Å²) in [5.41, 5.74) is 2.07. The number of carboxylic acid groups (broad SMARTS) is 1. The van der Waals surface area contributed by atoms with Crippen LogP contribution in [0, 0.1) is 6.92 Å². The molecule has 0 radical (unpaired) electrons. The first-order valence-corrected chi connectivity index (χ1v) is 10.2. The molecule has 2 atom stereocenters. The lowest BCUT2D eigenvalue weighted by molar-refractivity contribution is -0.141. The first kappa shape index (κ1) is 22.4. The van der Waals surface area contributed by atoms with Crippen LogP contribution in [0.25, 0.3) is 5.69 Å². The van der Waals surface area contributed by atoms with Crippen molar-refractivity contribution >= 4 is 29.2 Å². The van der Waals surface area contributed by atoms with Gasteiger partial charge in [-0.05, 0) is 53.9 Å². The van der Waals surface area contributed by atoms with Gasteiger partial charge in [-0.2, -0.15) is 8.78 Å². The number of aliphatic carboxylic acids is 1. The molecule has 2 aromatic carbocycles. The fourth-order valence-electron chi connectivity index (χ4n) is 3.84. The molecule has 0 aliphatic carbocycles. The molecule has 0 fully saturated rings. The maximum absolute atomic E-state index is 14.2. The van der Waals surface area contributed by atoms with Crippen molar-refractivity contribution in [1.82, 2.24) is 14.8 Å². The molecule has 0 spiro atoms. The molecule has 3 aromatic rings. The van der Waals surface area contributed by atoms with Crippen molar-refractivity contribution in [1.29, 1.82) is 0 Å². The van der Waals surface area contributed by atoms with E-state index in [-0.39, 0.29) is 11.5 Å². The molecule has 2 unspecified atom stereocenters. The fraction of sp³-hybridized carbons (Fsp3) is 0.286. The Morgan fingerprint density at radius 2 is 2.03 bits per heavy atom. The highest BCUT2D eigenvalue weighted by molar-refractivity contribution is 6.30. The number of methoxy groups -OCH3 is 1. The van der Waals surface area contributed by atoms with E-state index in [9.17, 15) is 18.7 Å². The van der Waals surface area contributed by atoms with Crippen LogP contribution in [-0.2, 0) is 14.9 Å². The number of halogens is 4. The van der Waals surface area contributed by atoms with Crippen LogP contribution in [0.3, 0.4) is 0 Å². The summed E-state index contributed by atoms with van der Waals surface area (Å²) in [6, 6.07) is 9.92. The van der Waals surface area contributed by atoms with Crippen LogP contribution in [0.4, 0.5) is 8.78 Å². The summed E-state index contributed by atoms with van der Waals surface area (Å²) in [5, 5.41) is 13.3. The van der Waals surface area contributed by atoms with Gasteiger partial charge in [-0.15, -0.1) is 10.2 Å². The Morgan fingerprint density at radius 1 is 1.28 bits per heavy atom. The van der Waals surface area contributed by atoms with Gasteiger partial charge in [0, 0.05) is 10.6 Å². The smallest absolute Gasteiger partial charge is 0.382 e. The van der Waals surface area contributed by atoms with Gasteiger partial charge in [0.25, 0.3) is 0 Å². The van der Waals surface area contributed by atoms with Crippen molar-refractivity contribution in [2.24, 2.45) is 0 Å². The zero-order chi connectivity index (χ0) is 23.2. The Hall–Kier alpha value is -2.75. The number of hydrogen-bond acceptors (Lipinski definition) is 5. The number of carboxylic acids is 1. The largest absolute Gasteiger partial charge is 0.496 e. The molecule has 168 valence electrons. The quantitative estimate of drug-likeness (QED) is 0.504. The van der Waals surface area contributed by atoms with Crippen molar-refractivity contribution in [3.8, 4) is 11.4 Å². The van der Waals surface area contributed by atoms with Crippen LogP contribution in [0.15, 0.2) is 36.4 Å². The van der Waals surface area contributed by atoms with Crippen molar-refractivity contribution in [3.05, 3.63) is 69.8 Å². The minimum absolute atomic E-state index is 0.102. The topological polar surface area (TPSA) is 86.5 Å². The zero-order valence-electron chi connectivity index (χ0n) is 16.9. The van der Waals surface area contributed by atoms with E-state index in [0.717, 1.165) is 10.1 Å². The number of fused-ring (bicyclic) bond motifs is 3. The van der Waals surface area contributed by atoms with E-state index >= 15 is 0 Å². The van der Waals surface area contributed by atoms with Gasteiger partial charge in [-0.3, -0.25) is 9.36 Å². The van der Waals surface area contributed by atoms with Crippen LogP contribution >= 0.6 is 23.2 Å². The minimum atomic E-state index is -3.86. The van der Waals surface area contributed by atoms with E-state index in [1.54, 1.807) is 24.3 Å². The first-order valence-electron chi connectivity index (χ1n) is 9.45. The molecule has 0 saturated carbocycles. The fourth-order valence-corrected chi connectivity index (χ4v) is 4.14. The van der Waals surface area contributed by atoms with Gasteiger partial charge in [-0.25, -0.2) is 0 Å². The summed E-state index contributed by atoms with van der Waals surface area (Å²) in [5.74, 6) is -1.57. The Kier molecular flexibility index (Phi) is 5.83. The molecule has 32 heavy (non-hydrogen) atoms. The second-order valence-electron chi connectivity index (χ2n) is 7.20. The van der Waals surface area contributed by atoms with E-state index < -0.39 is 35.8 Å². The molecule has 11 heteroatoms. The molecule has 0 saturated heterocycles. The van der Waals surface area contributed by atoms with Crippen LogP contribution in [-0.4, -0.2) is 33.0 Å². The summed E-state index contributed by atoms with van der Waals surface area (Å²) in [6.07, 6.45) is -2.59. The summed E-state index contributed by atoms with van der Waals surface area (Å²) in [4.78, 5) is 11.6. The monoisotopic (exact) mass is 483 g/mol. The maximum atomic E-state index is 14.2. The second-order valence-corrected chi connectivity index (χ2v) is 8.11. The van der Waals surface area contributed by atoms with Gasteiger partial charge >= 0.3 is 11.4 Å². The summed E-state index contributed by atoms with van der Waals surface area (Å²) in [7, 11) is 1.52. The number of hydrogen-bond donors (Lipinski definition) is 1. The summed E-state index contributed by atoms with van der Waals surface area (Å²) < 4.78 is 41.1. The van der Waals surface area contributed by atoms with E-state index in [1.807, 2.05) is 6.92 Å². The van der Waals surface area contributed by atoms with Crippen molar-refractivity contribution in [3.63, 3.8) is 0 Å². The Bertz CT molecular complexity index is 1200. The third-order valence-electron chi connectivity index (χ3n) is 5.23. The number of aromatic nitrogens is 3. The average molecular weight is 484 g/mol. The summed E-state index contributed by atoms with van der Waals surface area (Å²) >= 11 is 11.5. The maximum Gasteiger partial charge on any atom is 0.382 e. The molecule has 4 rings (SSSR count). The number of carbonyl (C=O) groups is 1. The minimum Gasteiger partial charge on any atom is -0.496 e. The number of alkyl halides is 3. The molecule has 2 heterocycles. The van der Waals surface area contributed by atoms with Gasteiger partial charge in [0.15, 0.2) is 5.82 Å². The summed E-state index contributed by atoms with van der Waals surface area (Å²) in [6.45, 7) is 1.82. The van der Waals surface area contributed by atoms with Crippen molar-refractivity contribution in [2.75, 3.05) is 7.11 Å². The van der Waals surface area contributed by atoms with E-state index in [2.05, 4.69) is 10.2 Å². The van der Waals surface area contributed by atoms with Gasteiger partial charge in [0.1, 0.15) is 18.0 Å². The standard InChI is InChI=1S/C21H17Cl2F2N3O4/c1-10-12(4-3-5-15(10)31-2)18-13-8-11(22)6-7-14(13)28-19(16(32-18)9-17(29)30)26-27-20(28)21(23,24)25/h3-8,16,18H,9H2,1-2H3,(H,29,30). The average Bonchev–Trinajstić information content (AvgIpc) is 3.12. The normalized spacial score (nSPS) is 17.9.